The van der Waals surface area contributed by atoms with Gasteiger partial charge in [0.05, 0.1) is 18.5 Å². The molecule has 2 aliphatic rings. The molecule has 0 bridgehead atoms. The zero-order valence-electron chi connectivity index (χ0n) is 18.7. The summed E-state index contributed by atoms with van der Waals surface area (Å²) < 4.78 is 7.79. The summed E-state index contributed by atoms with van der Waals surface area (Å²) in [6.45, 7) is 1.86. The molecule has 1 amide bonds. The van der Waals surface area contributed by atoms with Gasteiger partial charge in [0.15, 0.2) is 23.2 Å². The largest absolute Gasteiger partial charge is 0.386 e. The van der Waals surface area contributed by atoms with Crippen molar-refractivity contribution in [1.29, 1.82) is 0 Å². The van der Waals surface area contributed by atoms with E-state index in [-0.39, 0.29) is 12.0 Å². The molecule has 1 saturated carbocycles. The summed E-state index contributed by atoms with van der Waals surface area (Å²) in [5.74, 6) is 0.634. The van der Waals surface area contributed by atoms with Gasteiger partial charge in [0.1, 0.15) is 12.4 Å². The number of rotatable bonds is 8. The van der Waals surface area contributed by atoms with Crippen molar-refractivity contribution < 1.29 is 14.6 Å². The first-order valence-electron chi connectivity index (χ1n) is 11.7. The third-order valence-corrected chi connectivity index (χ3v) is 7.52. The SMILES string of the molecule is C[C@H]1O[C@@H](n2cnc3c(NC4CCCC4)ncnc32)[C@H](O)[C@H]1NC(=O)CCCc1cccs1. The standard InChI is InChI=1S/C23H30N6O3S/c1-14-18(28-17(30)10-4-8-16-9-5-11-33-16)20(31)23(32-14)29-13-26-19-21(24-12-25-22(19)29)27-15-6-2-3-7-15/h5,9,11-15,18,20,23,31H,2-4,6-8,10H2,1H3,(H,28,30)(H,24,25,27)/t14-,18+,20-,23-/m1/s1. The number of ether oxygens (including phenoxy) is 1. The fourth-order valence-electron chi connectivity index (χ4n) is 4.82. The van der Waals surface area contributed by atoms with E-state index in [2.05, 4.69) is 31.7 Å². The molecule has 0 aromatic carbocycles. The zero-order chi connectivity index (χ0) is 22.8. The molecule has 9 nitrogen and oxygen atoms in total. The number of amides is 1. The fourth-order valence-corrected chi connectivity index (χ4v) is 5.57. The minimum absolute atomic E-state index is 0.0763. The number of fused-ring (bicyclic) bond motifs is 1. The molecule has 3 N–H and O–H groups in total. The highest BCUT2D eigenvalue weighted by Crippen LogP contribution is 2.33. The lowest BCUT2D eigenvalue weighted by Crippen LogP contribution is -2.46. The van der Waals surface area contributed by atoms with Crippen LogP contribution >= 0.6 is 11.3 Å². The van der Waals surface area contributed by atoms with Crippen LogP contribution in [-0.4, -0.2) is 54.8 Å². The molecule has 1 aliphatic heterocycles. The Labute approximate surface area is 196 Å². The van der Waals surface area contributed by atoms with Gasteiger partial charge in [-0.15, -0.1) is 11.3 Å². The van der Waals surface area contributed by atoms with Gasteiger partial charge in [-0.3, -0.25) is 9.36 Å². The average molecular weight is 471 g/mol. The Morgan fingerprint density at radius 3 is 2.94 bits per heavy atom. The molecule has 3 aromatic heterocycles. The highest BCUT2D eigenvalue weighted by Gasteiger charge is 2.43. The number of nitrogens with one attached hydrogen (secondary N) is 2. The minimum atomic E-state index is -0.917. The van der Waals surface area contributed by atoms with Gasteiger partial charge in [0.25, 0.3) is 0 Å². The van der Waals surface area contributed by atoms with E-state index in [9.17, 15) is 9.90 Å². The minimum Gasteiger partial charge on any atom is -0.386 e. The second-order valence-electron chi connectivity index (χ2n) is 8.92. The Balaban J connectivity index is 1.25. The predicted octanol–water partition coefficient (Wildman–Crippen LogP) is 3.03. The summed E-state index contributed by atoms with van der Waals surface area (Å²) in [5.41, 5.74) is 1.26. The van der Waals surface area contributed by atoms with Crippen LogP contribution in [0.15, 0.2) is 30.2 Å². The molecule has 0 unspecified atom stereocenters. The zero-order valence-corrected chi connectivity index (χ0v) is 19.5. The monoisotopic (exact) mass is 470 g/mol. The Bertz CT molecular complexity index is 1080. The van der Waals surface area contributed by atoms with Crippen molar-refractivity contribution >= 4 is 34.2 Å². The van der Waals surface area contributed by atoms with Crippen LogP contribution in [0.2, 0.25) is 0 Å². The summed E-state index contributed by atoms with van der Waals surface area (Å²) in [5, 5.41) is 19.5. The number of aryl methyl sites for hydroxylation is 1. The molecule has 33 heavy (non-hydrogen) atoms. The van der Waals surface area contributed by atoms with Gasteiger partial charge in [-0.1, -0.05) is 18.9 Å². The molecule has 0 spiro atoms. The van der Waals surface area contributed by atoms with Crippen LogP contribution in [0.1, 0.15) is 56.6 Å². The van der Waals surface area contributed by atoms with Crippen molar-refractivity contribution in [3.05, 3.63) is 35.0 Å². The average Bonchev–Trinajstić information content (AvgIpc) is 3.60. The first-order valence-corrected chi connectivity index (χ1v) is 12.6. The fraction of sp³-hybridized carbons (Fsp3) is 0.565. The van der Waals surface area contributed by atoms with Gasteiger partial charge in [0.2, 0.25) is 5.91 Å². The molecular weight excluding hydrogens is 440 g/mol. The van der Waals surface area contributed by atoms with E-state index in [1.54, 1.807) is 22.2 Å². The van der Waals surface area contributed by atoms with Gasteiger partial charge in [-0.25, -0.2) is 15.0 Å². The molecule has 176 valence electrons. The van der Waals surface area contributed by atoms with Crippen LogP contribution in [0.25, 0.3) is 11.2 Å². The molecule has 2 fully saturated rings. The van der Waals surface area contributed by atoms with Gasteiger partial charge in [-0.05, 0) is 44.1 Å². The van der Waals surface area contributed by atoms with Crippen molar-refractivity contribution in [2.45, 2.75) is 82.4 Å². The molecular formula is C23H30N6O3S. The lowest BCUT2D eigenvalue weighted by molar-refractivity contribution is -0.122. The van der Waals surface area contributed by atoms with Gasteiger partial charge >= 0.3 is 0 Å². The summed E-state index contributed by atoms with van der Waals surface area (Å²) in [4.78, 5) is 27.1. The number of hydrogen-bond donors (Lipinski definition) is 3. The second kappa shape index (κ2) is 9.74. The quantitative estimate of drug-likeness (QED) is 0.464. The van der Waals surface area contributed by atoms with Crippen molar-refractivity contribution in [1.82, 2.24) is 24.8 Å². The highest BCUT2D eigenvalue weighted by molar-refractivity contribution is 7.09. The number of imidazole rings is 1. The van der Waals surface area contributed by atoms with Crippen LogP contribution in [0, 0.1) is 0 Å². The molecule has 4 atom stereocenters. The van der Waals surface area contributed by atoms with E-state index in [1.807, 2.05) is 18.4 Å². The molecule has 3 aromatic rings. The molecule has 4 heterocycles. The van der Waals surface area contributed by atoms with Crippen molar-refractivity contribution in [2.75, 3.05) is 5.32 Å². The van der Waals surface area contributed by atoms with Crippen molar-refractivity contribution in [2.24, 2.45) is 0 Å². The molecule has 0 radical (unpaired) electrons. The summed E-state index contributed by atoms with van der Waals surface area (Å²) in [6.07, 6.45) is 7.96. The molecule has 10 heteroatoms. The molecule has 5 rings (SSSR count). The van der Waals surface area contributed by atoms with E-state index in [0.29, 0.717) is 29.4 Å². The summed E-state index contributed by atoms with van der Waals surface area (Å²) in [6, 6.07) is 4.00. The first-order chi connectivity index (χ1) is 16.1. The first kappa shape index (κ1) is 22.2. The maximum atomic E-state index is 12.5. The normalized spacial score (nSPS) is 25.6. The molecule has 1 aliphatic carbocycles. The lowest BCUT2D eigenvalue weighted by Gasteiger charge is -2.20. The summed E-state index contributed by atoms with van der Waals surface area (Å²) in [7, 11) is 0. The number of aliphatic hydroxyl groups is 1. The maximum absolute atomic E-state index is 12.5. The van der Waals surface area contributed by atoms with E-state index in [1.165, 1.54) is 24.0 Å². The van der Waals surface area contributed by atoms with Gasteiger partial charge in [-0.2, -0.15) is 0 Å². The highest BCUT2D eigenvalue weighted by atomic mass is 32.1. The van der Waals surface area contributed by atoms with Gasteiger partial charge in [0, 0.05) is 17.3 Å². The van der Waals surface area contributed by atoms with Crippen LogP contribution < -0.4 is 10.6 Å². The van der Waals surface area contributed by atoms with Crippen molar-refractivity contribution in [3.63, 3.8) is 0 Å². The number of thiophene rings is 1. The van der Waals surface area contributed by atoms with Crippen LogP contribution in [0.3, 0.4) is 0 Å². The number of nitrogens with zero attached hydrogens (tertiary/aromatic N) is 4. The van der Waals surface area contributed by atoms with E-state index < -0.39 is 18.4 Å². The Hall–Kier alpha value is -2.56. The second-order valence-corrected chi connectivity index (χ2v) is 9.95. The Morgan fingerprint density at radius 2 is 2.15 bits per heavy atom. The van der Waals surface area contributed by atoms with Crippen LogP contribution in [0.5, 0.6) is 0 Å². The molecule has 1 saturated heterocycles. The third kappa shape index (κ3) is 4.73. The topological polar surface area (TPSA) is 114 Å². The Morgan fingerprint density at radius 1 is 1.30 bits per heavy atom. The van der Waals surface area contributed by atoms with Gasteiger partial charge < -0.3 is 20.5 Å². The lowest BCUT2D eigenvalue weighted by atomic mass is 10.1. The number of aliphatic hydroxyl groups excluding tert-OH is 1. The third-order valence-electron chi connectivity index (χ3n) is 6.58. The predicted molar refractivity (Wildman–Crippen MR) is 126 cm³/mol. The Kier molecular flexibility index (Phi) is 6.57. The number of carbonyl (C=O) groups is 1. The van der Waals surface area contributed by atoms with E-state index >= 15 is 0 Å². The van der Waals surface area contributed by atoms with E-state index in [0.717, 1.165) is 25.7 Å². The number of carbonyl (C=O) groups excluding carboxylic acids is 1. The number of aromatic nitrogens is 4. The summed E-state index contributed by atoms with van der Waals surface area (Å²) >= 11 is 1.70. The number of hydrogen-bond acceptors (Lipinski definition) is 8. The smallest absolute Gasteiger partial charge is 0.220 e. The van der Waals surface area contributed by atoms with E-state index in [4.69, 9.17) is 4.74 Å². The van der Waals surface area contributed by atoms with Crippen LogP contribution in [0.4, 0.5) is 5.82 Å². The van der Waals surface area contributed by atoms with Crippen molar-refractivity contribution in [3.8, 4) is 0 Å². The van der Waals surface area contributed by atoms with Crippen LogP contribution in [-0.2, 0) is 16.0 Å². The number of anilines is 1. The maximum Gasteiger partial charge on any atom is 0.220 e.